The Morgan fingerprint density at radius 1 is 1.06 bits per heavy atom. The van der Waals surface area contributed by atoms with Gasteiger partial charge >= 0.3 is 0 Å². The fourth-order valence-electron chi connectivity index (χ4n) is 3.74. The second-order valence-corrected chi connectivity index (χ2v) is 10.1. The van der Waals surface area contributed by atoms with E-state index < -0.39 is 6.04 Å². The number of nitrogens with zero attached hydrogens (tertiary/aromatic N) is 3. The van der Waals surface area contributed by atoms with E-state index in [1.807, 2.05) is 41.8 Å². The van der Waals surface area contributed by atoms with E-state index in [1.165, 1.54) is 39.1 Å². The molecule has 6 nitrogen and oxygen atoms in total. The van der Waals surface area contributed by atoms with E-state index in [2.05, 4.69) is 41.3 Å². The Bertz CT molecular complexity index is 1500. The maximum absolute atomic E-state index is 13.4. The van der Waals surface area contributed by atoms with E-state index in [0.29, 0.717) is 21.3 Å². The molecule has 166 valence electrons. The van der Waals surface area contributed by atoms with Crippen LogP contribution in [0.1, 0.15) is 38.3 Å². The molecule has 8 heteroatoms. The molecule has 1 atom stereocenters. The molecule has 0 aliphatic rings. The van der Waals surface area contributed by atoms with Crippen molar-refractivity contribution in [2.24, 2.45) is 0 Å². The molecule has 5 aromatic rings. The molecule has 0 bridgehead atoms. The second kappa shape index (κ2) is 8.53. The summed E-state index contributed by atoms with van der Waals surface area (Å²) in [5, 5.41) is 5.86. The van der Waals surface area contributed by atoms with E-state index >= 15 is 0 Å². The normalized spacial score (nSPS) is 12.5. The second-order valence-electron chi connectivity index (χ2n) is 8.22. The number of para-hydroxylation sites is 1. The fourth-order valence-corrected chi connectivity index (χ4v) is 5.52. The van der Waals surface area contributed by atoms with Crippen LogP contribution >= 0.6 is 22.7 Å². The van der Waals surface area contributed by atoms with E-state index in [1.54, 1.807) is 6.92 Å². The standard InChI is InChI=1S/C25H22N4O2S2/c1-14(2)16-8-10-17(11-9-16)18-12-32-23-21(18)24(31)29(13-26-23)15(3)22(30)28-25-27-19-6-4-5-7-20(19)33-25/h4-15H,1-3H3,(H,27,28,30). The molecular formula is C25H22N4O2S2. The van der Waals surface area contributed by atoms with Gasteiger partial charge in [-0.1, -0.05) is 61.6 Å². The molecule has 0 spiro atoms. The number of anilines is 1. The minimum absolute atomic E-state index is 0.226. The number of thiophene rings is 1. The molecule has 0 aliphatic carbocycles. The van der Waals surface area contributed by atoms with Crippen molar-refractivity contribution in [2.75, 3.05) is 5.32 Å². The Balaban J connectivity index is 1.47. The van der Waals surface area contributed by atoms with E-state index in [9.17, 15) is 9.59 Å². The predicted molar refractivity (Wildman–Crippen MR) is 136 cm³/mol. The SMILES string of the molecule is CC(C)c1ccc(-c2csc3ncn(C(C)C(=O)Nc4nc5ccccc5s4)c(=O)c23)cc1. The summed E-state index contributed by atoms with van der Waals surface area (Å²) in [5.74, 6) is 0.127. The summed E-state index contributed by atoms with van der Waals surface area (Å²) in [5.41, 5.74) is 3.66. The van der Waals surface area contributed by atoms with E-state index in [0.717, 1.165) is 21.3 Å². The zero-order valence-corrected chi connectivity index (χ0v) is 20.0. The van der Waals surface area contributed by atoms with Gasteiger partial charge in [-0.15, -0.1) is 11.3 Å². The number of benzene rings is 2. The Hall–Kier alpha value is -3.36. The van der Waals surface area contributed by atoms with Crippen LogP contribution in [-0.2, 0) is 4.79 Å². The monoisotopic (exact) mass is 474 g/mol. The predicted octanol–water partition coefficient (Wildman–Crippen LogP) is 6.06. The van der Waals surface area contributed by atoms with Gasteiger partial charge in [0.25, 0.3) is 5.56 Å². The van der Waals surface area contributed by atoms with Crippen molar-refractivity contribution in [3.63, 3.8) is 0 Å². The number of hydrogen-bond acceptors (Lipinski definition) is 6. The number of thiazole rings is 1. The number of rotatable bonds is 5. The Morgan fingerprint density at radius 3 is 2.55 bits per heavy atom. The number of fused-ring (bicyclic) bond motifs is 2. The van der Waals surface area contributed by atoms with Crippen LogP contribution in [0.4, 0.5) is 5.13 Å². The fraction of sp³-hybridized carbons (Fsp3) is 0.200. The van der Waals surface area contributed by atoms with Gasteiger partial charge in [0.2, 0.25) is 5.91 Å². The first kappa shape index (κ1) is 21.5. The van der Waals surface area contributed by atoms with E-state index in [4.69, 9.17) is 0 Å². The highest BCUT2D eigenvalue weighted by Crippen LogP contribution is 2.32. The molecule has 0 radical (unpaired) electrons. The van der Waals surface area contributed by atoms with Crippen molar-refractivity contribution in [2.45, 2.75) is 32.7 Å². The molecule has 33 heavy (non-hydrogen) atoms. The van der Waals surface area contributed by atoms with Gasteiger partial charge in [-0.2, -0.15) is 0 Å². The van der Waals surface area contributed by atoms with Crippen LogP contribution in [0.15, 0.2) is 65.0 Å². The smallest absolute Gasteiger partial charge is 0.263 e. The lowest BCUT2D eigenvalue weighted by molar-refractivity contribution is -0.118. The maximum atomic E-state index is 13.4. The zero-order chi connectivity index (χ0) is 23.1. The van der Waals surface area contributed by atoms with Crippen molar-refractivity contribution in [1.29, 1.82) is 0 Å². The molecular weight excluding hydrogens is 452 g/mol. The van der Waals surface area contributed by atoms with Crippen molar-refractivity contribution < 1.29 is 4.79 Å². The quantitative estimate of drug-likeness (QED) is 0.336. The van der Waals surface area contributed by atoms with Crippen LogP contribution in [0.5, 0.6) is 0 Å². The van der Waals surface area contributed by atoms with Crippen LogP contribution in [-0.4, -0.2) is 20.4 Å². The molecule has 0 saturated carbocycles. The molecule has 1 amide bonds. The molecule has 0 aliphatic heterocycles. The Kier molecular flexibility index (Phi) is 5.55. The molecule has 3 aromatic heterocycles. The van der Waals surface area contributed by atoms with Crippen LogP contribution in [0.3, 0.4) is 0 Å². The van der Waals surface area contributed by atoms with Gasteiger partial charge in [0.05, 0.1) is 21.9 Å². The number of hydrogen-bond donors (Lipinski definition) is 1. The minimum atomic E-state index is -0.738. The third kappa shape index (κ3) is 3.96. The van der Waals surface area contributed by atoms with Crippen molar-refractivity contribution >= 4 is 54.1 Å². The highest BCUT2D eigenvalue weighted by atomic mass is 32.1. The zero-order valence-electron chi connectivity index (χ0n) is 18.4. The summed E-state index contributed by atoms with van der Waals surface area (Å²) in [7, 11) is 0. The van der Waals surface area contributed by atoms with E-state index in [-0.39, 0.29) is 11.5 Å². The lowest BCUT2D eigenvalue weighted by atomic mass is 9.99. The van der Waals surface area contributed by atoms with Gasteiger partial charge in [-0.3, -0.25) is 14.2 Å². The first-order valence-corrected chi connectivity index (χ1v) is 12.4. The molecule has 3 heterocycles. The van der Waals surface area contributed by atoms with Crippen molar-refractivity contribution in [3.8, 4) is 11.1 Å². The number of carbonyl (C=O) groups excluding carboxylic acids is 1. The lowest BCUT2D eigenvalue weighted by Crippen LogP contribution is -2.31. The summed E-state index contributed by atoms with van der Waals surface area (Å²) in [6, 6.07) is 15.2. The lowest BCUT2D eigenvalue weighted by Gasteiger charge is -2.14. The Labute approximate surface area is 198 Å². The highest BCUT2D eigenvalue weighted by molar-refractivity contribution is 7.22. The molecule has 0 fully saturated rings. The molecule has 0 saturated heterocycles. The largest absolute Gasteiger partial charge is 0.300 e. The molecule has 1 N–H and O–H groups in total. The summed E-state index contributed by atoms with van der Waals surface area (Å²) in [6.45, 7) is 6.00. The van der Waals surface area contributed by atoms with Gasteiger partial charge in [0.15, 0.2) is 5.13 Å². The topological polar surface area (TPSA) is 76.9 Å². The number of amides is 1. The Morgan fingerprint density at radius 2 is 1.82 bits per heavy atom. The summed E-state index contributed by atoms with van der Waals surface area (Å²) >= 11 is 2.84. The number of aromatic nitrogens is 3. The summed E-state index contributed by atoms with van der Waals surface area (Å²) in [6.07, 6.45) is 1.45. The van der Waals surface area contributed by atoms with Gasteiger partial charge < -0.3 is 5.32 Å². The highest BCUT2D eigenvalue weighted by Gasteiger charge is 2.21. The summed E-state index contributed by atoms with van der Waals surface area (Å²) < 4.78 is 2.39. The number of carbonyl (C=O) groups is 1. The third-order valence-corrected chi connectivity index (χ3v) is 7.57. The van der Waals surface area contributed by atoms with Gasteiger partial charge in [-0.25, -0.2) is 9.97 Å². The van der Waals surface area contributed by atoms with Crippen LogP contribution in [0, 0.1) is 0 Å². The van der Waals surface area contributed by atoms with Crippen molar-refractivity contribution in [3.05, 3.63) is 76.2 Å². The average molecular weight is 475 g/mol. The van der Waals surface area contributed by atoms with Crippen molar-refractivity contribution in [1.82, 2.24) is 14.5 Å². The average Bonchev–Trinajstić information content (AvgIpc) is 3.43. The van der Waals surface area contributed by atoms with Gasteiger partial charge in [-0.05, 0) is 36.1 Å². The van der Waals surface area contributed by atoms with Crippen LogP contribution in [0.25, 0.3) is 31.6 Å². The first-order chi connectivity index (χ1) is 15.9. The maximum Gasteiger partial charge on any atom is 0.263 e. The minimum Gasteiger partial charge on any atom is -0.300 e. The third-order valence-electron chi connectivity index (χ3n) is 5.73. The van der Waals surface area contributed by atoms with Crippen LogP contribution < -0.4 is 10.9 Å². The van der Waals surface area contributed by atoms with Gasteiger partial charge in [0, 0.05) is 10.9 Å². The number of nitrogens with one attached hydrogen (secondary N) is 1. The summed E-state index contributed by atoms with van der Waals surface area (Å²) in [4.78, 5) is 36.0. The molecule has 5 rings (SSSR count). The molecule has 2 aromatic carbocycles. The first-order valence-electron chi connectivity index (χ1n) is 10.7. The van der Waals surface area contributed by atoms with Gasteiger partial charge in [0.1, 0.15) is 10.9 Å². The molecule has 1 unspecified atom stereocenters. The van der Waals surface area contributed by atoms with Crippen LogP contribution in [0.2, 0.25) is 0 Å².